The lowest BCUT2D eigenvalue weighted by atomic mass is 9.81. The van der Waals surface area contributed by atoms with Crippen LogP contribution in [0, 0.1) is 5.92 Å². The van der Waals surface area contributed by atoms with Crippen LogP contribution in [0.2, 0.25) is 0 Å². The summed E-state index contributed by atoms with van der Waals surface area (Å²) in [4.78, 5) is 0. The first-order chi connectivity index (χ1) is 8.24. The molecule has 1 aliphatic rings. The van der Waals surface area contributed by atoms with E-state index in [0.29, 0.717) is 11.7 Å². The van der Waals surface area contributed by atoms with Gasteiger partial charge in [-0.15, -0.1) is 0 Å². The van der Waals surface area contributed by atoms with Gasteiger partial charge < -0.3 is 15.6 Å². The van der Waals surface area contributed by atoms with Crippen molar-refractivity contribution in [2.24, 2.45) is 11.7 Å². The van der Waals surface area contributed by atoms with E-state index in [9.17, 15) is 5.11 Å². The van der Waals surface area contributed by atoms with Gasteiger partial charge in [0, 0.05) is 11.6 Å². The van der Waals surface area contributed by atoms with Crippen LogP contribution in [0.4, 0.5) is 0 Å². The lowest BCUT2D eigenvalue weighted by Gasteiger charge is -2.28. The van der Waals surface area contributed by atoms with Crippen LogP contribution < -0.4 is 10.5 Å². The van der Waals surface area contributed by atoms with Crippen LogP contribution in [-0.4, -0.2) is 12.2 Å². The monoisotopic (exact) mass is 235 g/mol. The van der Waals surface area contributed by atoms with Gasteiger partial charge in [0.1, 0.15) is 0 Å². The van der Waals surface area contributed by atoms with Gasteiger partial charge in [0.15, 0.2) is 11.5 Å². The lowest BCUT2D eigenvalue weighted by Crippen LogP contribution is -2.23. The van der Waals surface area contributed by atoms with Crippen molar-refractivity contribution in [2.75, 3.05) is 7.11 Å². The highest BCUT2D eigenvalue weighted by atomic mass is 16.5. The average molecular weight is 235 g/mol. The fourth-order valence-electron chi connectivity index (χ4n) is 2.72. The van der Waals surface area contributed by atoms with Gasteiger partial charge in [-0.25, -0.2) is 0 Å². The number of para-hydroxylation sites is 1. The number of nitrogens with two attached hydrogens (primary N) is 1. The van der Waals surface area contributed by atoms with Crippen LogP contribution in [0.3, 0.4) is 0 Å². The zero-order valence-electron chi connectivity index (χ0n) is 10.4. The number of hydrogen-bond acceptors (Lipinski definition) is 3. The molecule has 0 aliphatic heterocycles. The van der Waals surface area contributed by atoms with Crippen molar-refractivity contribution in [3.63, 3.8) is 0 Å². The second-order valence-electron chi connectivity index (χ2n) is 4.82. The summed E-state index contributed by atoms with van der Waals surface area (Å²) in [5, 5.41) is 10.1. The Balaban J connectivity index is 2.20. The third-order valence-electron chi connectivity index (χ3n) is 3.77. The Morgan fingerprint density at radius 3 is 2.65 bits per heavy atom. The predicted octanol–water partition coefficient (Wildman–Crippen LogP) is 2.98. The number of rotatable bonds is 3. The van der Waals surface area contributed by atoms with Gasteiger partial charge in [-0.1, -0.05) is 31.4 Å². The topological polar surface area (TPSA) is 55.5 Å². The summed E-state index contributed by atoms with van der Waals surface area (Å²) in [6, 6.07) is 5.46. The molecular formula is C14H21NO2. The van der Waals surface area contributed by atoms with Crippen LogP contribution >= 0.6 is 0 Å². The number of ether oxygens (including phenoxy) is 1. The maximum Gasteiger partial charge on any atom is 0.162 e. The van der Waals surface area contributed by atoms with Gasteiger partial charge in [-0.2, -0.15) is 0 Å². The van der Waals surface area contributed by atoms with E-state index >= 15 is 0 Å². The first-order valence-corrected chi connectivity index (χ1v) is 6.35. The summed E-state index contributed by atoms with van der Waals surface area (Å²) in [7, 11) is 1.56. The first kappa shape index (κ1) is 12.2. The van der Waals surface area contributed by atoms with Crippen LogP contribution in [0.5, 0.6) is 11.5 Å². The molecule has 1 aromatic rings. The largest absolute Gasteiger partial charge is 0.504 e. The molecule has 94 valence electrons. The Kier molecular flexibility index (Phi) is 3.89. The van der Waals surface area contributed by atoms with Crippen molar-refractivity contribution in [1.29, 1.82) is 0 Å². The molecule has 0 bridgehead atoms. The highest BCUT2D eigenvalue weighted by Crippen LogP contribution is 2.39. The maximum absolute atomic E-state index is 10.1. The fraction of sp³-hybridized carbons (Fsp3) is 0.571. The van der Waals surface area contributed by atoms with E-state index in [-0.39, 0.29) is 11.8 Å². The normalized spacial score (nSPS) is 18.9. The van der Waals surface area contributed by atoms with Crippen LogP contribution in [0.1, 0.15) is 43.7 Å². The van der Waals surface area contributed by atoms with E-state index in [1.807, 2.05) is 12.1 Å². The zero-order valence-corrected chi connectivity index (χ0v) is 10.4. The molecule has 1 aromatic carbocycles. The highest BCUT2D eigenvalue weighted by molar-refractivity contribution is 5.46. The van der Waals surface area contributed by atoms with Crippen LogP contribution in [-0.2, 0) is 0 Å². The molecule has 3 heteroatoms. The Hall–Kier alpha value is -1.22. The molecule has 0 unspecified atom stereocenters. The zero-order chi connectivity index (χ0) is 12.3. The molecule has 17 heavy (non-hydrogen) atoms. The van der Waals surface area contributed by atoms with E-state index in [0.717, 1.165) is 18.4 Å². The van der Waals surface area contributed by atoms with Gasteiger partial charge in [0.2, 0.25) is 0 Å². The van der Waals surface area contributed by atoms with E-state index < -0.39 is 0 Å². The van der Waals surface area contributed by atoms with Crippen molar-refractivity contribution in [3.05, 3.63) is 23.8 Å². The Morgan fingerprint density at radius 2 is 2.00 bits per heavy atom. The van der Waals surface area contributed by atoms with Gasteiger partial charge in [-0.05, 0) is 24.8 Å². The van der Waals surface area contributed by atoms with Gasteiger partial charge >= 0.3 is 0 Å². The molecule has 1 fully saturated rings. The quantitative estimate of drug-likeness (QED) is 0.846. The molecule has 0 radical (unpaired) electrons. The molecule has 0 saturated heterocycles. The Labute approximate surface area is 103 Å². The minimum atomic E-state index is -0.0783. The smallest absolute Gasteiger partial charge is 0.162 e. The molecule has 1 saturated carbocycles. The predicted molar refractivity (Wildman–Crippen MR) is 68.2 cm³/mol. The van der Waals surface area contributed by atoms with Crippen molar-refractivity contribution >= 4 is 0 Å². The average Bonchev–Trinajstić information content (AvgIpc) is 2.39. The number of aromatic hydroxyl groups is 1. The number of benzene rings is 1. The second-order valence-corrected chi connectivity index (χ2v) is 4.82. The number of phenols is 1. The summed E-state index contributed by atoms with van der Waals surface area (Å²) >= 11 is 0. The van der Waals surface area contributed by atoms with E-state index in [1.54, 1.807) is 13.2 Å². The number of phenolic OH excluding ortho intramolecular Hbond substituents is 1. The second kappa shape index (κ2) is 5.41. The highest BCUT2D eigenvalue weighted by Gasteiger charge is 2.24. The minimum absolute atomic E-state index is 0.0783. The summed E-state index contributed by atoms with van der Waals surface area (Å²) < 4.78 is 5.12. The SMILES string of the molecule is COc1cccc([C@@H](N)C2CCCCC2)c1O. The summed E-state index contributed by atoms with van der Waals surface area (Å²) in [6.45, 7) is 0. The summed E-state index contributed by atoms with van der Waals surface area (Å²) in [5.41, 5.74) is 7.09. The third-order valence-corrected chi connectivity index (χ3v) is 3.77. The molecule has 0 amide bonds. The van der Waals surface area contributed by atoms with Crippen LogP contribution in [0.25, 0.3) is 0 Å². The third kappa shape index (κ3) is 2.55. The fourth-order valence-corrected chi connectivity index (χ4v) is 2.72. The van der Waals surface area contributed by atoms with Crippen molar-refractivity contribution < 1.29 is 9.84 Å². The van der Waals surface area contributed by atoms with Crippen molar-refractivity contribution in [1.82, 2.24) is 0 Å². The van der Waals surface area contributed by atoms with Crippen LogP contribution in [0.15, 0.2) is 18.2 Å². The number of hydrogen-bond donors (Lipinski definition) is 2. The standard InChI is InChI=1S/C14H21NO2/c1-17-12-9-5-8-11(14(12)16)13(15)10-6-3-2-4-7-10/h5,8-10,13,16H,2-4,6-7,15H2,1H3/t13-/m0/s1. The molecule has 3 N–H and O–H groups in total. The summed E-state index contributed by atoms with van der Waals surface area (Å²) in [5.74, 6) is 1.20. The van der Waals surface area contributed by atoms with E-state index in [2.05, 4.69) is 0 Å². The van der Waals surface area contributed by atoms with Crippen molar-refractivity contribution in [2.45, 2.75) is 38.1 Å². The maximum atomic E-state index is 10.1. The van der Waals surface area contributed by atoms with E-state index in [4.69, 9.17) is 10.5 Å². The van der Waals surface area contributed by atoms with E-state index in [1.165, 1.54) is 19.3 Å². The first-order valence-electron chi connectivity index (χ1n) is 6.35. The lowest BCUT2D eigenvalue weighted by molar-refractivity contribution is 0.299. The molecule has 1 aliphatic carbocycles. The van der Waals surface area contributed by atoms with Gasteiger partial charge in [0.05, 0.1) is 7.11 Å². The molecule has 3 nitrogen and oxygen atoms in total. The Morgan fingerprint density at radius 1 is 1.29 bits per heavy atom. The molecule has 0 aromatic heterocycles. The summed E-state index contributed by atoms with van der Waals surface area (Å²) in [6.07, 6.45) is 6.15. The Bertz CT molecular complexity index is 372. The molecule has 2 rings (SSSR count). The molecule has 0 heterocycles. The number of methoxy groups -OCH3 is 1. The molecular weight excluding hydrogens is 214 g/mol. The minimum Gasteiger partial charge on any atom is -0.504 e. The molecule has 0 spiro atoms. The van der Waals surface area contributed by atoms with Gasteiger partial charge in [-0.3, -0.25) is 0 Å². The molecule has 1 atom stereocenters. The van der Waals surface area contributed by atoms with Crippen molar-refractivity contribution in [3.8, 4) is 11.5 Å². The van der Waals surface area contributed by atoms with Gasteiger partial charge in [0.25, 0.3) is 0 Å².